The lowest BCUT2D eigenvalue weighted by atomic mass is 10.2. The number of aromatic nitrogens is 2. The largest absolute Gasteiger partial charge is 0.281 e. The summed E-state index contributed by atoms with van der Waals surface area (Å²) in [6.45, 7) is 1.25. The number of para-hydroxylation sites is 1. The number of carbonyl (C=O) groups excluding carboxylic acids is 2. The molecule has 3 aromatic carbocycles. The Hall–Kier alpha value is -4.06. The quantitative estimate of drug-likeness (QED) is 0.544. The van der Waals surface area contributed by atoms with Gasteiger partial charge in [0.15, 0.2) is 5.82 Å². The van der Waals surface area contributed by atoms with Crippen molar-refractivity contribution in [2.45, 2.75) is 6.92 Å². The molecule has 0 radical (unpaired) electrons. The average molecular weight is 383 g/mol. The number of rotatable bonds is 3. The Balaban J connectivity index is 2.04. The summed E-state index contributed by atoms with van der Waals surface area (Å²) < 4.78 is 1.06. The molecule has 0 saturated heterocycles. The number of nitrogens with zero attached hydrogens (tertiary/aromatic N) is 3. The SMILES string of the molecule is CC(=O)N(C(=O)c1ccccc1)n1c(-c2ccccc2)nc2ccccc2c1=O. The second-order valence-corrected chi connectivity index (χ2v) is 6.44. The van der Waals surface area contributed by atoms with Gasteiger partial charge in [-0.15, -0.1) is 0 Å². The minimum atomic E-state index is -0.602. The minimum Gasteiger partial charge on any atom is -0.273 e. The zero-order valence-corrected chi connectivity index (χ0v) is 15.6. The standard InChI is InChI=1S/C23H17N3O3/c1-16(27)25(22(28)18-12-6-3-7-13-18)26-21(17-10-4-2-5-11-17)24-20-15-9-8-14-19(20)23(26)29/h2-15H,1H3. The fourth-order valence-electron chi connectivity index (χ4n) is 3.16. The molecule has 0 fully saturated rings. The third-order valence-corrected chi connectivity index (χ3v) is 4.50. The minimum absolute atomic E-state index is 0.216. The summed E-state index contributed by atoms with van der Waals surface area (Å²) in [7, 11) is 0. The first-order valence-corrected chi connectivity index (χ1v) is 9.05. The van der Waals surface area contributed by atoms with Crippen molar-refractivity contribution in [2.75, 3.05) is 5.01 Å². The van der Waals surface area contributed by atoms with E-state index in [1.54, 1.807) is 78.9 Å². The van der Waals surface area contributed by atoms with E-state index in [1.807, 2.05) is 6.07 Å². The Morgan fingerprint density at radius 1 is 0.828 bits per heavy atom. The molecule has 0 aliphatic carbocycles. The third-order valence-electron chi connectivity index (χ3n) is 4.50. The molecule has 4 rings (SSSR count). The Labute approximate surface area is 166 Å². The van der Waals surface area contributed by atoms with E-state index in [0.29, 0.717) is 22.0 Å². The molecule has 4 aromatic rings. The summed E-state index contributed by atoms with van der Waals surface area (Å²) in [5.41, 5.74) is 0.904. The first-order valence-electron chi connectivity index (χ1n) is 9.05. The molecule has 0 unspecified atom stereocenters. The van der Waals surface area contributed by atoms with Crippen LogP contribution in [0.2, 0.25) is 0 Å². The van der Waals surface area contributed by atoms with E-state index in [-0.39, 0.29) is 5.82 Å². The van der Waals surface area contributed by atoms with Gasteiger partial charge < -0.3 is 0 Å². The first kappa shape index (κ1) is 18.3. The van der Waals surface area contributed by atoms with Gasteiger partial charge in [-0.2, -0.15) is 9.69 Å². The fourth-order valence-corrected chi connectivity index (χ4v) is 3.16. The second-order valence-electron chi connectivity index (χ2n) is 6.44. The molecule has 1 heterocycles. The predicted molar refractivity (Wildman–Crippen MR) is 111 cm³/mol. The zero-order chi connectivity index (χ0) is 20.4. The number of amides is 2. The molecule has 142 valence electrons. The Morgan fingerprint density at radius 2 is 1.41 bits per heavy atom. The van der Waals surface area contributed by atoms with Crippen LogP contribution >= 0.6 is 0 Å². The van der Waals surface area contributed by atoms with Crippen LogP contribution < -0.4 is 10.6 Å². The highest BCUT2D eigenvalue weighted by Gasteiger charge is 2.27. The topological polar surface area (TPSA) is 72.3 Å². The van der Waals surface area contributed by atoms with E-state index in [1.165, 1.54) is 6.92 Å². The van der Waals surface area contributed by atoms with Gasteiger partial charge >= 0.3 is 0 Å². The summed E-state index contributed by atoms with van der Waals surface area (Å²) in [5, 5.41) is 1.17. The van der Waals surface area contributed by atoms with E-state index >= 15 is 0 Å². The lowest BCUT2D eigenvalue weighted by molar-refractivity contribution is -0.117. The summed E-state index contributed by atoms with van der Waals surface area (Å²) >= 11 is 0. The van der Waals surface area contributed by atoms with Crippen LogP contribution in [0.1, 0.15) is 17.3 Å². The molecule has 0 saturated carbocycles. The van der Waals surface area contributed by atoms with Gasteiger partial charge in [0.05, 0.1) is 10.9 Å². The van der Waals surface area contributed by atoms with Crippen molar-refractivity contribution in [1.29, 1.82) is 0 Å². The van der Waals surface area contributed by atoms with Gasteiger partial charge in [-0.05, 0) is 24.3 Å². The van der Waals surface area contributed by atoms with Crippen molar-refractivity contribution in [3.63, 3.8) is 0 Å². The van der Waals surface area contributed by atoms with Crippen LogP contribution in [0, 0.1) is 0 Å². The number of hydrogen-bond donors (Lipinski definition) is 0. The van der Waals surface area contributed by atoms with E-state index in [9.17, 15) is 14.4 Å². The van der Waals surface area contributed by atoms with Gasteiger partial charge in [-0.1, -0.05) is 60.7 Å². The van der Waals surface area contributed by atoms with Crippen molar-refractivity contribution in [1.82, 2.24) is 9.66 Å². The van der Waals surface area contributed by atoms with Crippen LogP contribution in [0.4, 0.5) is 0 Å². The Bertz CT molecular complexity index is 1270. The normalized spacial score (nSPS) is 10.7. The first-order chi connectivity index (χ1) is 14.1. The summed E-state index contributed by atoms with van der Waals surface area (Å²) in [6, 6.07) is 24.2. The van der Waals surface area contributed by atoms with Crippen LogP contribution in [-0.4, -0.2) is 21.5 Å². The fraction of sp³-hybridized carbons (Fsp3) is 0.0435. The van der Waals surface area contributed by atoms with Crippen LogP contribution in [0.25, 0.3) is 22.3 Å². The maximum atomic E-state index is 13.4. The van der Waals surface area contributed by atoms with Gasteiger partial charge in [0, 0.05) is 18.1 Å². The van der Waals surface area contributed by atoms with E-state index in [2.05, 4.69) is 4.98 Å². The predicted octanol–water partition coefficient (Wildman–Crippen LogP) is 3.39. The number of carbonyl (C=O) groups is 2. The number of fused-ring (bicyclic) bond motifs is 1. The van der Waals surface area contributed by atoms with Crippen molar-refractivity contribution in [3.8, 4) is 11.4 Å². The van der Waals surface area contributed by atoms with Crippen LogP contribution in [0.3, 0.4) is 0 Å². The molecule has 0 spiro atoms. The second kappa shape index (κ2) is 7.52. The molecule has 0 aliphatic heterocycles. The lowest BCUT2D eigenvalue weighted by Crippen LogP contribution is -2.50. The molecule has 1 aromatic heterocycles. The van der Waals surface area contributed by atoms with Crippen molar-refractivity contribution in [3.05, 3.63) is 101 Å². The number of hydrogen-bond acceptors (Lipinski definition) is 4. The molecule has 0 aliphatic rings. The summed E-state index contributed by atoms with van der Waals surface area (Å²) in [4.78, 5) is 43.7. The molecule has 0 bridgehead atoms. The smallest absolute Gasteiger partial charge is 0.273 e. The molecular formula is C23H17N3O3. The van der Waals surface area contributed by atoms with E-state index in [4.69, 9.17) is 0 Å². The molecule has 0 atom stereocenters. The van der Waals surface area contributed by atoms with E-state index < -0.39 is 17.4 Å². The van der Waals surface area contributed by atoms with Gasteiger partial charge in [0.1, 0.15) is 0 Å². The maximum absolute atomic E-state index is 13.4. The Morgan fingerprint density at radius 3 is 2.07 bits per heavy atom. The zero-order valence-electron chi connectivity index (χ0n) is 15.6. The molecule has 2 amide bonds. The van der Waals surface area contributed by atoms with Crippen molar-refractivity contribution >= 4 is 22.7 Å². The summed E-state index contributed by atoms with van der Waals surface area (Å²) in [5.74, 6) is -0.974. The van der Waals surface area contributed by atoms with Crippen LogP contribution in [-0.2, 0) is 4.79 Å². The highest BCUT2D eigenvalue weighted by atomic mass is 16.2. The highest BCUT2D eigenvalue weighted by Crippen LogP contribution is 2.20. The Kier molecular flexibility index (Phi) is 4.75. The molecule has 6 heteroatoms. The monoisotopic (exact) mass is 383 g/mol. The maximum Gasteiger partial charge on any atom is 0.281 e. The highest BCUT2D eigenvalue weighted by molar-refractivity contribution is 6.15. The molecular weight excluding hydrogens is 366 g/mol. The van der Waals surface area contributed by atoms with Gasteiger partial charge in [-0.3, -0.25) is 14.4 Å². The van der Waals surface area contributed by atoms with E-state index in [0.717, 1.165) is 9.69 Å². The van der Waals surface area contributed by atoms with Crippen LogP contribution in [0.5, 0.6) is 0 Å². The van der Waals surface area contributed by atoms with Gasteiger partial charge in [0.25, 0.3) is 11.5 Å². The van der Waals surface area contributed by atoms with Crippen LogP contribution in [0.15, 0.2) is 89.7 Å². The lowest BCUT2D eigenvalue weighted by Gasteiger charge is -2.24. The third kappa shape index (κ3) is 3.32. The molecule has 0 N–H and O–H groups in total. The van der Waals surface area contributed by atoms with Gasteiger partial charge in [0.2, 0.25) is 5.91 Å². The van der Waals surface area contributed by atoms with Crippen molar-refractivity contribution in [2.24, 2.45) is 0 Å². The average Bonchev–Trinajstić information content (AvgIpc) is 2.76. The van der Waals surface area contributed by atoms with Gasteiger partial charge in [-0.25, -0.2) is 4.98 Å². The van der Waals surface area contributed by atoms with Crippen molar-refractivity contribution < 1.29 is 9.59 Å². The summed E-state index contributed by atoms with van der Waals surface area (Å²) in [6.07, 6.45) is 0. The molecule has 6 nitrogen and oxygen atoms in total. The number of imide groups is 1. The number of benzene rings is 3. The molecule has 29 heavy (non-hydrogen) atoms.